The maximum absolute atomic E-state index is 13.9. The minimum Gasteiger partial charge on any atom is -0.338 e. The van der Waals surface area contributed by atoms with Crippen LogP contribution in [0.1, 0.15) is 31.6 Å². The lowest BCUT2D eigenvalue weighted by molar-refractivity contribution is 0.124. The third kappa shape index (κ3) is 3.58. The van der Waals surface area contributed by atoms with Gasteiger partial charge in [-0.3, -0.25) is 4.90 Å². The Hall–Kier alpha value is -1.84. The highest BCUT2D eigenvalue weighted by molar-refractivity contribution is 7.89. The van der Waals surface area contributed by atoms with Crippen LogP contribution in [-0.2, 0) is 16.4 Å². The molecule has 136 valence electrons. The lowest BCUT2D eigenvalue weighted by Gasteiger charge is -2.36. The van der Waals surface area contributed by atoms with E-state index in [1.807, 2.05) is 13.8 Å². The molecular formula is C16H21FN4O3S. The number of hydrogen-bond donors (Lipinski definition) is 0. The Kier molecular flexibility index (Phi) is 5.16. The fraction of sp³-hybridized carbons (Fsp3) is 0.500. The molecule has 0 radical (unpaired) electrons. The van der Waals surface area contributed by atoms with Crippen LogP contribution in [0.2, 0.25) is 0 Å². The van der Waals surface area contributed by atoms with Crippen LogP contribution < -0.4 is 0 Å². The summed E-state index contributed by atoms with van der Waals surface area (Å²) in [6.45, 7) is 5.50. The van der Waals surface area contributed by atoms with E-state index in [0.717, 1.165) is 6.07 Å². The third-order valence-electron chi connectivity index (χ3n) is 4.43. The molecule has 3 rings (SSSR count). The Morgan fingerprint density at radius 1 is 1.24 bits per heavy atom. The molecule has 0 spiro atoms. The van der Waals surface area contributed by atoms with E-state index >= 15 is 0 Å². The zero-order valence-corrected chi connectivity index (χ0v) is 15.0. The molecule has 1 aromatic heterocycles. The van der Waals surface area contributed by atoms with Gasteiger partial charge in [-0.25, -0.2) is 12.8 Å². The average Bonchev–Trinajstić information content (AvgIpc) is 3.10. The van der Waals surface area contributed by atoms with Crippen molar-refractivity contribution in [2.45, 2.75) is 31.2 Å². The quantitative estimate of drug-likeness (QED) is 0.801. The number of aromatic nitrogens is 2. The van der Waals surface area contributed by atoms with Crippen LogP contribution in [0.3, 0.4) is 0 Å². The Morgan fingerprint density at radius 3 is 2.52 bits per heavy atom. The van der Waals surface area contributed by atoms with Gasteiger partial charge in [0.1, 0.15) is 10.7 Å². The number of hydrogen-bond acceptors (Lipinski definition) is 6. The lowest BCUT2D eigenvalue weighted by Crippen LogP contribution is -2.49. The third-order valence-corrected chi connectivity index (χ3v) is 6.36. The normalized spacial score (nSPS) is 18.4. The van der Waals surface area contributed by atoms with Crippen molar-refractivity contribution in [1.29, 1.82) is 0 Å². The number of halogens is 1. The van der Waals surface area contributed by atoms with E-state index in [1.165, 1.54) is 22.5 Å². The molecule has 1 fully saturated rings. The van der Waals surface area contributed by atoms with Gasteiger partial charge in [0.05, 0.1) is 6.04 Å². The van der Waals surface area contributed by atoms with Crippen molar-refractivity contribution in [2.75, 3.05) is 26.2 Å². The van der Waals surface area contributed by atoms with E-state index in [2.05, 4.69) is 15.0 Å². The van der Waals surface area contributed by atoms with Crippen LogP contribution in [-0.4, -0.2) is 53.9 Å². The molecule has 1 atom stereocenters. The van der Waals surface area contributed by atoms with Crippen molar-refractivity contribution in [2.24, 2.45) is 0 Å². The predicted molar refractivity (Wildman–Crippen MR) is 88.8 cm³/mol. The van der Waals surface area contributed by atoms with Crippen molar-refractivity contribution >= 4 is 10.0 Å². The summed E-state index contributed by atoms with van der Waals surface area (Å²) in [5.74, 6) is 0.459. The van der Waals surface area contributed by atoms with Gasteiger partial charge in [-0.1, -0.05) is 24.2 Å². The fourth-order valence-corrected chi connectivity index (χ4v) is 4.35. The first-order chi connectivity index (χ1) is 11.9. The molecule has 0 aliphatic carbocycles. The molecule has 0 N–H and O–H groups in total. The Morgan fingerprint density at radius 2 is 1.92 bits per heavy atom. The van der Waals surface area contributed by atoms with Gasteiger partial charge >= 0.3 is 0 Å². The largest absolute Gasteiger partial charge is 0.338 e. The van der Waals surface area contributed by atoms with Gasteiger partial charge in [-0.05, 0) is 19.1 Å². The second kappa shape index (κ2) is 7.19. The molecule has 1 saturated heterocycles. The first-order valence-electron chi connectivity index (χ1n) is 8.24. The molecule has 25 heavy (non-hydrogen) atoms. The standard InChI is InChI=1S/C16H21FN4O3S/c1-3-15-18-16(24-19-15)12(2)20-8-10-21(11-9-20)25(22,23)14-7-5-4-6-13(14)17/h4-7,12H,3,8-11H2,1-2H3. The first-order valence-corrected chi connectivity index (χ1v) is 9.68. The maximum atomic E-state index is 13.9. The van der Waals surface area contributed by atoms with Crippen LogP contribution in [0.5, 0.6) is 0 Å². The summed E-state index contributed by atoms with van der Waals surface area (Å²) in [4.78, 5) is 6.14. The molecule has 0 saturated carbocycles. The minimum atomic E-state index is -3.83. The second-order valence-electron chi connectivity index (χ2n) is 5.95. The Labute approximate surface area is 146 Å². The van der Waals surface area contributed by atoms with Crippen molar-refractivity contribution in [3.8, 4) is 0 Å². The maximum Gasteiger partial charge on any atom is 0.246 e. The van der Waals surface area contributed by atoms with Crippen molar-refractivity contribution in [1.82, 2.24) is 19.3 Å². The molecule has 1 aliphatic rings. The van der Waals surface area contributed by atoms with Crippen LogP contribution >= 0.6 is 0 Å². The van der Waals surface area contributed by atoms with Gasteiger partial charge in [0.25, 0.3) is 0 Å². The average molecular weight is 368 g/mol. The summed E-state index contributed by atoms with van der Waals surface area (Å²) >= 11 is 0. The zero-order chi connectivity index (χ0) is 18.0. The number of rotatable bonds is 5. The highest BCUT2D eigenvalue weighted by atomic mass is 32.2. The van der Waals surface area contributed by atoms with E-state index in [9.17, 15) is 12.8 Å². The van der Waals surface area contributed by atoms with Crippen molar-refractivity contribution in [3.63, 3.8) is 0 Å². The van der Waals surface area contributed by atoms with Crippen LogP contribution in [0.15, 0.2) is 33.7 Å². The minimum absolute atomic E-state index is 0.0916. The van der Waals surface area contributed by atoms with E-state index < -0.39 is 15.8 Å². The van der Waals surface area contributed by atoms with Gasteiger partial charge in [0.2, 0.25) is 15.9 Å². The highest BCUT2D eigenvalue weighted by Crippen LogP contribution is 2.24. The van der Waals surface area contributed by atoms with Gasteiger partial charge in [-0.2, -0.15) is 9.29 Å². The molecule has 1 aliphatic heterocycles. The second-order valence-corrected chi connectivity index (χ2v) is 7.86. The topological polar surface area (TPSA) is 79.5 Å². The van der Waals surface area contributed by atoms with Crippen LogP contribution in [0.4, 0.5) is 4.39 Å². The summed E-state index contributed by atoms with van der Waals surface area (Å²) in [6.07, 6.45) is 0.699. The van der Waals surface area contributed by atoms with Crippen molar-refractivity contribution in [3.05, 3.63) is 41.8 Å². The van der Waals surface area contributed by atoms with Gasteiger partial charge in [0.15, 0.2) is 5.82 Å². The molecule has 1 unspecified atom stereocenters. The number of benzene rings is 1. The summed E-state index contributed by atoms with van der Waals surface area (Å²) in [5, 5.41) is 3.89. The first kappa shape index (κ1) is 18.0. The summed E-state index contributed by atoms with van der Waals surface area (Å²) in [6, 6.07) is 5.36. The summed E-state index contributed by atoms with van der Waals surface area (Å²) < 4.78 is 45.7. The van der Waals surface area contributed by atoms with Gasteiger partial charge in [0, 0.05) is 32.6 Å². The predicted octanol–water partition coefficient (Wildman–Crippen LogP) is 1.84. The van der Waals surface area contributed by atoms with Crippen LogP contribution in [0.25, 0.3) is 0 Å². The summed E-state index contributed by atoms with van der Waals surface area (Å²) in [7, 11) is -3.83. The van der Waals surface area contributed by atoms with Gasteiger partial charge < -0.3 is 4.52 Å². The monoisotopic (exact) mass is 368 g/mol. The highest BCUT2D eigenvalue weighted by Gasteiger charge is 2.33. The number of nitrogens with zero attached hydrogens (tertiary/aromatic N) is 4. The number of piperazine rings is 1. The molecule has 1 aromatic carbocycles. The van der Waals surface area contributed by atoms with E-state index in [4.69, 9.17) is 4.52 Å². The van der Waals surface area contributed by atoms with E-state index in [0.29, 0.717) is 31.2 Å². The van der Waals surface area contributed by atoms with Gasteiger partial charge in [-0.15, -0.1) is 0 Å². The van der Waals surface area contributed by atoms with E-state index in [1.54, 1.807) is 0 Å². The summed E-state index contributed by atoms with van der Waals surface area (Å²) in [5.41, 5.74) is 0. The Bertz CT molecular complexity index is 831. The molecule has 2 aromatic rings. The fourth-order valence-electron chi connectivity index (χ4n) is 2.86. The molecular weight excluding hydrogens is 347 g/mol. The molecule has 9 heteroatoms. The number of aryl methyl sites for hydroxylation is 1. The van der Waals surface area contributed by atoms with Crippen LogP contribution in [0, 0.1) is 5.82 Å². The van der Waals surface area contributed by atoms with Crippen molar-refractivity contribution < 1.29 is 17.3 Å². The molecule has 0 amide bonds. The lowest BCUT2D eigenvalue weighted by atomic mass is 10.2. The van der Waals surface area contributed by atoms with E-state index in [-0.39, 0.29) is 24.0 Å². The molecule has 2 heterocycles. The SMILES string of the molecule is CCc1noc(C(C)N2CCN(S(=O)(=O)c3ccccc3F)CC2)n1. The Balaban J connectivity index is 1.68. The smallest absolute Gasteiger partial charge is 0.246 e. The molecule has 7 nitrogen and oxygen atoms in total. The number of sulfonamides is 1. The molecule has 0 bridgehead atoms. The zero-order valence-electron chi connectivity index (χ0n) is 14.2.